The Morgan fingerprint density at radius 3 is 2.82 bits per heavy atom. The van der Waals surface area contributed by atoms with E-state index in [1.807, 2.05) is 17.5 Å². The van der Waals surface area contributed by atoms with E-state index in [9.17, 15) is 13.2 Å². The lowest BCUT2D eigenvalue weighted by Crippen LogP contribution is -2.40. The first-order valence-corrected chi connectivity index (χ1v) is 13.2. The quantitative estimate of drug-likeness (QED) is 0.430. The lowest BCUT2D eigenvalue weighted by molar-refractivity contribution is 0.0730. The van der Waals surface area contributed by atoms with E-state index in [0.29, 0.717) is 56.7 Å². The summed E-state index contributed by atoms with van der Waals surface area (Å²) in [7, 11) is -1.97. The van der Waals surface area contributed by atoms with Gasteiger partial charge in [0.25, 0.3) is 5.91 Å². The first kappa shape index (κ1) is 23.6. The normalized spacial score (nSPS) is 15.1. The van der Waals surface area contributed by atoms with Gasteiger partial charge in [-0.3, -0.25) is 4.79 Å². The van der Waals surface area contributed by atoms with E-state index in [4.69, 9.17) is 9.26 Å². The average molecular weight is 494 g/mol. The lowest BCUT2D eigenvalue weighted by Gasteiger charge is -2.25. The maximum Gasteiger partial charge on any atom is 0.267 e. The molecule has 0 aromatic carbocycles. The SMILES string of the molecule is Cn1cc(S(=O)(=O)N2CCOCC2)cc1C(=O)NCCCCCc1nc(-c2cccs2)no1. The average Bonchev–Trinajstić information content (AvgIpc) is 3.57. The summed E-state index contributed by atoms with van der Waals surface area (Å²) in [5, 5.41) is 8.84. The molecule has 0 saturated carbocycles. The minimum atomic E-state index is -3.64. The fourth-order valence-electron chi connectivity index (χ4n) is 3.57. The molecule has 12 heteroatoms. The number of morpholine rings is 1. The molecule has 0 radical (unpaired) electrons. The van der Waals surface area contributed by atoms with Crippen molar-refractivity contribution >= 4 is 27.3 Å². The Labute approximate surface area is 196 Å². The predicted molar refractivity (Wildman–Crippen MR) is 122 cm³/mol. The van der Waals surface area contributed by atoms with Crippen molar-refractivity contribution in [1.82, 2.24) is 24.3 Å². The number of aromatic nitrogens is 3. The Kier molecular flexibility index (Phi) is 7.58. The van der Waals surface area contributed by atoms with Gasteiger partial charge < -0.3 is 19.1 Å². The van der Waals surface area contributed by atoms with Crippen molar-refractivity contribution in [2.24, 2.45) is 7.05 Å². The summed E-state index contributed by atoms with van der Waals surface area (Å²) in [5.41, 5.74) is 0.314. The van der Waals surface area contributed by atoms with Gasteiger partial charge in [0, 0.05) is 39.3 Å². The first-order valence-electron chi connectivity index (χ1n) is 10.8. The highest BCUT2D eigenvalue weighted by Gasteiger charge is 2.28. The summed E-state index contributed by atoms with van der Waals surface area (Å²) in [5.74, 6) is 0.934. The van der Waals surface area contributed by atoms with Crippen molar-refractivity contribution in [3.05, 3.63) is 41.4 Å². The topological polar surface area (TPSA) is 120 Å². The maximum absolute atomic E-state index is 12.8. The molecular formula is C21H27N5O5S2. The lowest BCUT2D eigenvalue weighted by atomic mass is 10.2. The molecule has 0 unspecified atom stereocenters. The fraction of sp³-hybridized carbons (Fsp3) is 0.476. The molecule has 3 aromatic rings. The highest BCUT2D eigenvalue weighted by Crippen LogP contribution is 2.22. The number of aryl methyl sites for hydroxylation is 2. The monoisotopic (exact) mass is 493 g/mol. The highest BCUT2D eigenvalue weighted by molar-refractivity contribution is 7.89. The number of ether oxygens (including phenoxy) is 1. The number of sulfonamides is 1. The van der Waals surface area contributed by atoms with Crippen LogP contribution in [0.1, 0.15) is 35.6 Å². The van der Waals surface area contributed by atoms with E-state index < -0.39 is 10.0 Å². The van der Waals surface area contributed by atoms with Crippen LogP contribution in [-0.4, -0.2) is 66.2 Å². The van der Waals surface area contributed by atoms with Crippen molar-refractivity contribution < 1.29 is 22.5 Å². The van der Waals surface area contributed by atoms with Gasteiger partial charge in [0.2, 0.25) is 21.7 Å². The van der Waals surface area contributed by atoms with Crippen LogP contribution in [0.15, 0.2) is 39.2 Å². The minimum Gasteiger partial charge on any atom is -0.379 e. The number of unbranched alkanes of at least 4 members (excludes halogenated alkanes) is 2. The van der Waals surface area contributed by atoms with Crippen molar-refractivity contribution in [2.75, 3.05) is 32.8 Å². The molecule has 1 N–H and O–H groups in total. The molecule has 1 fully saturated rings. The second-order valence-electron chi connectivity index (χ2n) is 7.74. The number of hydrogen-bond donors (Lipinski definition) is 1. The van der Waals surface area contributed by atoms with E-state index in [1.54, 1.807) is 23.0 Å². The Hall–Kier alpha value is -2.54. The molecule has 4 heterocycles. The Morgan fingerprint density at radius 2 is 2.06 bits per heavy atom. The van der Waals surface area contributed by atoms with Crippen molar-refractivity contribution in [2.45, 2.75) is 30.6 Å². The zero-order valence-electron chi connectivity index (χ0n) is 18.4. The van der Waals surface area contributed by atoms with Gasteiger partial charge in [-0.15, -0.1) is 11.3 Å². The van der Waals surface area contributed by atoms with E-state index in [-0.39, 0.29) is 10.8 Å². The Morgan fingerprint density at radius 1 is 1.24 bits per heavy atom. The number of rotatable bonds is 10. The molecule has 1 amide bonds. The number of carbonyl (C=O) groups excluding carboxylic acids is 1. The molecule has 1 aliphatic heterocycles. The van der Waals surface area contributed by atoms with Crippen LogP contribution < -0.4 is 5.32 Å². The van der Waals surface area contributed by atoms with Gasteiger partial charge in [0.05, 0.1) is 18.1 Å². The molecule has 33 heavy (non-hydrogen) atoms. The zero-order chi connectivity index (χ0) is 23.3. The molecule has 0 aliphatic carbocycles. The van der Waals surface area contributed by atoms with Crippen molar-refractivity contribution in [3.63, 3.8) is 0 Å². The fourth-order valence-corrected chi connectivity index (χ4v) is 5.70. The predicted octanol–water partition coefficient (Wildman–Crippen LogP) is 2.30. The summed E-state index contributed by atoms with van der Waals surface area (Å²) in [6, 6.07) is 5.33. The third-order valence-corrected chi connectivity index (χ3v) is 8.11. The molecule has 0 bridgehead atoms. The molecule has 4 rings (SSSR count). The van der Waals surface area contributed by atoms with Crippen LogP contribution in [0, 0.1) is 0 Å². The smallest absolute Gasteiger partial charge is 0.267 e. The molecular weight excluding hydrogens is 466 g/mol. The summed E-state index contributed by atoms with van der Waals surface area (Å²) in [4.78, 5) is 18.1. The van der Waals surface area contributed by atoms with E-state index >= 15 is 0 Å². The molecule has 0 spiro atoms. The van der Waals surface area contributed by atoms with Gasteiger partial charge in [-0.2, -0.15) is 9.29 Å². The van der Waals surface area contributed by atoms with Crippen molar-refractivity contribution in [1.29, 1.82) is 0 Å². The van der Waals surface area contributed by atoms with Gasteiger partial charge >= 0.3 is 0 Å². The second-order valence-corrected chi connectivity index (χ2v) is 10.6. The van der Waals surface area contributed by atoms with Crippen LogP contribution in [0.5, 0.6) is 0 Å². The number of nitrogens with one attached hydrogen (secondary N) is 1. The third kappa shape index (κ3) is 5.69. The summed E-state index contributed by atoms with van der Waals surface area (Å²) in [6.45, 7) is 1.89. The van der Waals surface area contributed by atoms with E-state index in [1.165, 1.54) is 16.6 Å². The Bertz CT molecular complexity index is 1160. The maximum atomic E-state index is 12.8. The number of thiophene rings is 1. The molecule has 1 aliphatic rings. The molecule has 1 saturated heterocycles. The highest BCUT2D eigenvalue weighted by atomic mass is 32.2. The first-order chi connectivity index (χ1) is 15.9. The molecule has 0 atom stereocenters. The zero-order valence-corrected chi connectivity index (χ0v) is 20.0. The van der Waals surface area contributed by atoms with E-state index in [0.717, 1.165) is 24.1 Å². The summed E-state index contributed by atoms with van der Waals surface area (Å²) < 4.78 is 39.1. The number of nitrogens with zero attached hydrogens (tertiary/aromatic N) is 4. The molecule has 10 nitrogen and oxygen atoms in total. The number of carbonyl (C=O) groups is 1. The van der Waals surface area contributed by atoms with Crippen LogP contribution in [0.2, 0.25) is 0 Å². The van der Waals surface area contributed by atoms with E-state index in [2.05, 4.69) is 15.5 Å². The molecule has 3 aromatic heterocycles. The number of amides is 1. The van der Waals surface area contributed by atoms with Gasteiger partial charge in [-0.25, -0.2) is 8.42 Å². The minimum absolute atomic E-state index is 0.124. The Balaban J connectivity index is 1.21. The van der Waals surface area contributed by atoms with Gasteiger partial charge in [0.1, 0.15) is 10.6 Å². The van der Waals surface area contributed by atoms with Gasteiger partial charge in [-0.05, 0) is 30.4 Å². The van der Waals surface area contributed by atoms with Crippen molar-refractivity contribution in [3.8, 4) is 10.7 Å². The second kappa shape index (κ2) is 10.6. The van der Waals surface area contributed by atoms with Crippen LogP contribution >= 0.6 is 11.3 Å². The number of hydrogen-bond acceptors (Lipinski definition) is 8. The molecule has 178 valence electrons. The van der Waals surface area contributed by atoms with Crippen LogP contribution in [-0.2, 0) is 28.2 Å². The van der Waals surface area contributed by atoms with Crippen LogP contribution in [0.3, 0.4) is 0 Å². The standard InChI is InChI=1S/C21H27N5O5S2/c1-25-15-16(33(28,29)26-9-11-30-12-10-26)14-17(25)21(27)22-8-4-2-3-7-19-23-20(24-31-19)18-6-5-13-32-18/h5-6,13-15H,2-4,7-12H2,1H3,(H,22,27). The van der Waals surface area contributed by atoms with Gasteiger partial charge in [-0.1, -0.05) is 17.6 Å². The van der Waals surface area contributed by atoms with Gasteiger partial charge in [0.15, 0.2) is 0 Å². The third-order valence-electron chi connectivity index (χ3n) is 5.38. The van der Waals surface area contributed by atoms with Crippen LogP contribution in [0.4, 0.5) is 0 Å². The summed E-state index contributed by atoms with van der Waals surface area (Å²) in [6.07, 6.45) is 4.72. The summed E-state index contributed by atoms with van der Waals surface area (Å²) >= 11 is 1.57. The van der Waals surface area contributed by atoms with Crippen LogP contribution in [0.25, 0.3) is 10.7 Å². The largest absolute Gasteiger partial charge is 0.379 e.